The third-order valence-corrected chi connectivity index (χ3v) is 2.98. The molecule has 5 heteroatoms. The number of piperidine rings is 1. The predicted octanol–water partition coefficient (Wildman–Crippen LogP) is 2.04. The Balaban J connectivity index is 0.00000162. The van der Waals surface area contributed by atoms with Crippen LogP contribution in [0.1, 0.15) is 28.8 Å². The van der Waals surface area contributed by atoms with E-state index in [1.807, 2.05) is 0 Å². The van der Waals surface area contributed by atoms with Crippen LogP contribution in [0.25, 0.3) is 0 Å². The van der Waals surface area contributed by atoms with Gasteiger partial charge < -0.3 is 10.6 Å². The summed E-state index contributed by atoms with van der Waals surface area (Å²) in [4.78, 5) is 11.9. The van der Waals surface area contributed by atoms with Crippen LogP contribution in [0.5, 0.6) is 0 Å². The lowest BCUT2D eigenvalue weighted by atomic mass is 10.1. The maximum atomic E-state index is 13.2. The van der Waals surface area contributed by atoms with Gasteiger partial charge in [-0.3, -0.25) is 4.79 Å². The Morgan fingerprint density at radius 1 is 1.33 bits per heavy atom. The van der Waals surface area contributed by atoms with Gasteiger partial charge in [0.05, 0.1) is 0 Å². The average molecular weight is 273 g/mol. The summed E-state index contributed by atoms with van der Waals surface area (Å²) in [6.07, 6.45) is 1.86. The Bertz CT molecular complexity index is 399. The van der Waals surface area contributed by atoms with Crippen LogP contribution in [-0.2, 0) is 0 Å². The Hall–Kier alpha value is -1.13. The first-order valence-corrected chi connectivity index (χ1v) is 5.94. The van der Waals surface area contributed by atoms with Crippen LogP contribution in [0, 0.1) is 12.7 Å². The lowest BCUT2D eigenvalue weighted by Gasteiger charge is -2.23. The van der Waals surface area contributed by atoms with Gasteiger partial charge in [-0.15, -0.1) is 12.4 Å². The highest BCUT2D eigenvalue weighted by Gasteiger charge is 2.16. The molecule has 3 nitrogen and oxygen atoms in total. The number of hydrogen-bond donors (Lipinski definition) is 2. The highest BCUT2D eigenvalue weighted by molar-refractivity contribution is 5.94. The SMILES string of the molecule is Cc1cc(F)cc(C(=O)NC2CCNCC2)c1.Cl. The lowest BCUT2D eigenvalue weighted by molar-refractivity contribution is 0.0929. The number of halogens is 2. The highest BCUT2D eigenvalue weighted by atomic mass is 35.5. The molecule has 0 atom stereocenters. The first-order chi connectivity index (χ1) is 8.15. The summed E-state index contributed by atoms with van der Waals surface area (Å²) >= 11 is 0. The second-order valence-electron chi connectivity index (χ2n) is 4.51. The quantitative estimate of drug-likeness (QED) is 0.865. The number of aryl methyl sites for hydroxylation is 1. The molecule has 1 saturated heterocycles. The van der Waals surface area contributed by atoms with E-state index in [1.165, 1.54) is 12.1 Å². The standard InChI is InChI=1S/C13H17FN2O.ClH/c1-9-6-10(8-11(14)7-9)13(17)16-12-2-4-15-5-3-12;/h6-8,12,15H,2-5H2,1H3,(H,16,17);1H. The van der Waals surface area contributed by atoms with Gasteiger partial charge in [-0.1, -0.05) is 0 Å². The fourth-order valence-corrected chi connectivity index (χ4v) is 2.10. The first kappa shape index (κ1) is 14.9. The van der Waals surface area contributed by atoms with Crippen molar-refractivity contribution >= 4 is 18.3 Å². The van der Waals surface area contributed by atoms with Gasteiger partial charge in [0.1, 0.15) is 5.82 Å². The van der Waals surface area contributed by atoms with E-state index in [4.69, 9.17) is 0 Å². The summed E-state index contributed by atoms with van der Waals surface area (Å²) in [5.41, 5.74) is 1.17. The molecule has 0 aliphatic carbocycles. The third kappa shape index (κ3) is 3.96. The minimum absolute atomic E-state index is 0. The molecule has 1 heterocycles. The van der Waals surface area contributed by atoms with Crippen LogP contribution in [-0.4, -0.2) is 25.0 Å². The molecule has 1 aliphatic rings. The maximum Gasteiger partial charge on any atom is 0.251 e. The summed E-state index contributed by atoms with van der Waals surface area (Å²) < 4.78 is 13.2. The summed E-state index contributed by atoms with van der Waals surface area (Å²) in [5.74, 6) is -0.542. The van der Waals surface area contributed by atoms with Gasteiger partial charge in [-0.05, 0) is 56.6 Å². The zero-order valence-electron chi connectivity index (χ0n) is 10.3. The third-order valence-electron chi connectivity index (χ3n) is 2.98. The number of nitrogens with one attached hydrogen (secondary N) is 2. The molecule has 2 N–H and O–H groups in total. The molecule has 2 rings (SSSR count). The molecule has 1 aliphatic heterocycles. The van der Waals surface area contributed by atoms with Gasteiger partial charge in [-0.2, -0.15) is 0 Å². The fraction of sp³-hybridized carbons (Fsp3) is 0.462. The largest absolute Gasteiger partial charge is 0.349 e. The van der Waals surface area contributed by atoms with Crippen LogP contribution in [0.4, 0.5) is 4.39 Å². The molecular weight excluding hydrogens is 255 g/mol. The van der Waals surface area contributed by atoms with Crippen molar-refractivity contribution in [3.05, 3.63) is 35.1 Å². The van der Waals surface area contributed by atoms with E-state index in [0.717, 1.165) is 31.5 Å². The van der Waals surface area contributed by atoms with E-state index in [0.29, 0.717) is 5.56 Å². The van der Waals surface area contributed by atoms with Crippen LogP contribution >= 0.6 is 12.4 Å². The smallest absolute Gasteiger partial charge is 0.251 e. The average Bonchev–Trinajstić information content (AvgIpc) is 2.29. The summed E-state index contributed by atoms with van der Waals surface area (Å²) in [7, 11) is 0. The molecule has 0 aromatic heterocycles. The first-order valence-electron chi connectivity index (χ1n) is 5.94. The van der Waals surface area contributed by atoms with Gasteiger partial charge in [0.2, 0.25) is 0 Å². The van der Waals surface area contributed by atoms with Crippen molar-refractivity contribution in [2.45, 2.75) is 25.8 Å². The Labute approximate surface area is 113 Å². The van der Waals surface area contributed by atoms with Crippen molar-refractivity contribution in [3.8, 4) is 0 Å². The molecule has 100 valence electrons. The van der Waals surface area contributed by atoms with Crippen molar-refractivity contribution in [2.75, 3.05) is 13.1 Å². The topological polar surface area (TPSA) is 41.1 Å². The minimum Gasteiger partial charge on any atom is -0.349 e. The van der Waals surface area contributed by atoms with E-state index in [9.17, 15) is 9.18 Å². The lowest BCUT2D eigenvalue weighted by Crippen LogP contribution is -2.42. The monoisotopic (exact) mass is 272 g/mol. The van der Waals surface area contributed by atoms with Crippen molar-refractivity contribution in [1.29, 1.82) is 0 Å². The Morgan fingerprint density at radius 2 is 2.00 bits per heavy atom. The molecule has 1 amide bonds. The van der Waals surface area contributed by atoms with Crippen molar-refractivity contribution < 1.29 is 9.18 Å². The summed E-state index contributed by atoms with van der Waals surface area (Å²) in [6, 6.07) is 4.61. The van der Waals surface area contributed by atoms with E-state index < -0.39 is 0 Å². The zero-order valence-corrected chi connectivity index (χ0v) is 11.1. The maximum absolute atomic E-state index is 13.2. The molecule has 1 aromatic rings. The van der Waals surface area contributed by atoms with E-state index in [-0.39, 0.29) is 30.2 Å². The van der Waals surface area contributed by atoms with Gasteiger partial charge in [0.25, 0.3) is 5.91 Å². The number of carbonyl (C=O) groups excluding carboxylic acids is 1. The highest BCUT2D eigenvalue weighted by Crippen LogP contribution is 2.10. The normalized spacial score (nSPS) is 15.9. The van der Waals surface area contributed by atoms with E-state index >= 15 is 0 Å². The van der Waals surface area contributed by atoms with E-state index in [2.05, 4.69) is 10.6 Å². The number of hydrogen-bond acceptors (Lipinski definition) is 2. The summed E-state index contributed by atoms with van der Waals surface area (Å²) in [5, 5.41) is 6.18. The minimum atomic E-state index is -0.361. The Kier molecular flexibility index (Phi) is 5.56. The second-order valence-corrected chi connectivity index (χ2v) is 4.51. The molecule has 18 heavy (non-hydrogen) atoms. The second kappa shape index (κ2) is 6.71. The number of rotatable bonds is 2. The predicted molar refractivity (Wildman–Crippen MR) is 71.7 cm³/mol. The van der Waals surface area contributed by atoms with Gasteiger partial charge in [0, 0.05) is 11.6 Å². The van der Waals surface area contributed by atoms with Crippen molar-refractivity contribution in [2.24, 2.45) is 0 Å². The van der Waals surface area contributed by atoms with Gasteiger partial charge in [-0.25, -0.2) is 4.39 Å². The zero-order chi connectivity index (χ0) is 12.3. The molecule has 0 bridgehead atoms. The molecule has 1 aromatic carbocycles. The van der Waals surface area contributed by atoms with Crippen LogP contribution in [0.15, 0.2) is 18.2 Å². The fourth-order valence-electron chi connectivity index (χ4n) is 2.10. The molecular formula is C13H18ClFN2O. The van der Waals surface area contributed by atoms with Gasteiger partial charge in [0.15, 0.2) is 0 Å². The van der Waals surface area contributed by atoms with E-state index in [1.54, 1.807) is 13.0 Å². The molecule has 0 unspecified atom stereocenters. The molecule has 0 radical (unpaired) electrons. The van der Waals surface area contributed by atoms with Crippen molar-refractivity contribution in [3.63, 3.8) is 0 Å². The molecule has 0 spiro atoms. The number of benzene rings is 1. The van der Waals surface area contributed by atoms with Crippen LogP contribution in [0.2, 0.25) is 0 Å². The molecule has 1 fully saturated rings. The Morgan fingerprint density at radius 3 is 2.61 bits per heavy atom. The van der Waals surface area contributed by atoms with Crippen LogP contribution < -0.4 is 10.6 Å². The molecule has 0 saturated carbocycles. The number of amides is 1. The van der Waals surface area contributed by atoms with Crippen molar-refractivity contribution in [1.82, 2.24) is 10.6 Å². The van der Waals surface area contributed by atoms with Crippen LogP contribution in [0.3, 0.4) is 0 Å². The summed E-state index contributed by atoms with van der Waals surface area (Å²) in [6.45, 7) is 3.63. The number of carbonyl (C=O) groups is 1. The van der Waals surface area contributed by atoms with Gasteiger partial charge >= 0.3 is 0 Å².